The number of likely N-dealkylation sites (tertiary alicyclic amines) is 2. The van der Waals surface area contributed by atoms with Crippen molar-refractivity contribution in [1.29, 1.82) is 0 Å². The highest BCUT2D eigenvalue weighted by atomic mass is 35.5. The molecule has 2 saturated heterocycles. The number of hydrogen-bond donors (Lipinski definition) is 4. The summed E-state index contributed by atoms with van der Waals surface area (Å²) in [6, 6.07) is 14.2. The molecule has 4 N–H and O–H groups in total. The SMILES string of the molecule is COC(=O)NC(C(=O)N1CCCC1c1ncc(-c2ccc(-c3ccc(-c4nc(C5CCCN5C(=O)C(NC(=O)OC)C(C)C)[nH]c4Cl)cc3)cc2)[nH]1)C(C)C. The van der Waals surface area contributed by atoms with Crippen LogP contribution < -0.4 is 10.6 Å². The van der Waals surface area contributed by atoms with Crippen molar-refractivity contribution in [2.45, 2.75) is 77.5 Å². The van der Waals surface area contributed by atoms with Crippen LogP contribution in [0, 0.1) is 11.8 Å². The Morgan fingerprint density at radius 3 is 1.64 bits per heavy atom. The lowest BCUT2D eigenvalue weighted by molar-refractivity contribution is -0.136. The molecule has 0 spiro atoms. The van der Waals surface area contributed by atoms with Crippen molar-refractivity contribution in [3.8, 4) is 33.6 Å². The summed E-state index contributed by atoms with van der Waals surface area (Å²) in [6.07, 6.45) is 3.65. The first-order chi connectivity index (χ1) is 26.4. The number of aromatic amines is 2. The summed E-state index contributed by atoms with van der Waals surface area (Å²) in [5, 5.41) is 5.75. The van der Waals surface area contributed by atoms with Crippen molar-refractivity contribution in [2.75, 3.05) is 27.3 Å². The second-order valence-corrected chi connectivity index (χ2v) is 15.1. The molecule has 4 unspecified atom stereocenters. The van der Waals surface area contributed by atoms with E-state index in [9.17, 15) is 19.2 Å². The van der Waals surface area contributed by atoms with Crippen LogP contribution in [0.2, 0.25) is 5.15 Å². The number of H-pyrrole nitrogens is 2. The number of aromatic nitrogens is 4. The van der Waals surface area contributed by atoms with Crippen molar-refractivity contribution in [3.63, 3.8) is 0 Å². The molecular formula is C40H49ClN8O6. The second kappa shape index (κ2) is 17.0. The third-order valence-electron chi connectivity index (χ3n) is 10.4. The molecule has 0 saturated carbocycles. The van der Waals surface area contributed by atoms with E-state index in [0.717, 1.165) is 53.6 Å². The number of halogens is 1. The Hall–Kier alpha value is -5.37. The Bertz CT molecular complexity index is 1990. The average molecular weight is 773 g/mol. The van der Waals surface area contributed by atoms with E-state index in [1.165, 1.54) is 14.2 Å². The quantitative estimate of drug-likeness (QED) is 0.128. The minimum atomic E-state index is -0.724. The predicted octanol–water partition coefficient (Wildman–Crippen LogP) is 6.88. The van der Waals surface area contributed by atoms with Gasteiger partial charge in [-0.3, -0.25) is 9.59 Å². The fourth-order valence-electron chi connectivity index (χ4n) is 7.42. The molecule has 15 heteroatoms. The van der Waals surface area contributed by atoms with E-state index >= 15 is 0 Å². The zero-order valence-corrected chi connectivity index (χ0v) is 32.8. The molecule has 0 radical (unpaired) electrons. The molecule has 2 fully saturated rings. The lowest BCUT2D eigenvalue weighted by atomic mass is 10.0. The third kappa shape index (κ3) is 8.49. The Balaban J connectivity index is 1.13. The summed E-state index contributed by atoms with van der Waals surface area (Å²) in [5.74, 6) is 0.745. The van der Waals surface area contributed by atoms with Crippen LogP contribution in [0.3, 0.4) is 0 Å². The molecule has 4 heterocycles. The summed E-state index contributed by atoms with van der Waals surface area (Å²) in [5.41, 5.74) is 5.27. The Kier molecular flexibility index (Phi) is 12.1. The first-order valence-corrected chi connectivity index (χ1v) is 19.1. The molecule has 292 valence electrons. The van der Waals surface area contributed by atoms with Crippen LogP contribution in [0.4, 0.5) is 9.59 Å². The lowest BCUT2D eigenvalue weighted by Gasteiger charge is -2.30. The number of imidazole rings is 2. The van der Waals surface area contributed by atoms with Crippen LogP contribution in [-0.2, 0) is 19.1 Å². The van der Waals surface area contributed by atoms with E-state index < -0.39 is 24.3 Å². The number of methoxy groups -OCH3 is 2. The summed E-state index contributed by atoms with van der Waals surface area (Å²) in [4.78, 5) is 70.7. The molecule has 14 nitrogen and oxygen atoms in total. The number of alkyl carbamates (subject to hydrolysis) is 2. The summed E-state index contributed by atoms with van der Waals surface area (Å²) in [6.45, 7) is 8.69. The number of nitrogens with zero attached hydrogens (tertiary/aromatic N) is 4. The number of amides is 4. The third-order valence-corrected chi connectivity index (χ3v) is 10.7. The molecule has 4 aromatic rings. The van der Waals surface area contributed by atoms with Crippen LogP contribution in [0.15, 0.2) is 54.7 Å². The maximum absolute atomic E-state index is 13.6. The lowest BCUT2D eigenvalue weighted by Crippen LogP contribution is -2.51. The van der Waals surface area contributed by atoms with E-state index in [0.29, 0.717) is 35.6 Å². The van der Waals surface area contributed by atoms with Crippen LogP contribution in [0.5, 0.6) is 0 Å². The van der Waals surface area contributed by atoms with Gasteiger partial charge < -0.3 is 39.9 Å². The largest absolute Gasteiger partial charge is 0.453 e. The maximum Gasteiger partial charge on any atom is 0.407 e. The van der Waals surface area contributed by atoms with Gasteiger partial charge in [0.15, 0.2) is 0 Å². The zero-order valence-electron chi connectivity index (χ0n) is 32.0. The zero-order chi connectivity index (χ0) is 39.4. The molecule has 0 bridgehead atoms. The summed E-state index contributed by atoms with van der Waals surface area (Å²) in [7, 11) is 2.56. The Labute approximate surface area is 325 Å². The maximum atomic E-state index is 13.6. The standard InChI is InChI=1S/C40H49ClN8O6/c1-22(2)31(45-39(52)54-5)37(50)48-19-7-9-29(48)35-42-21-28(43-35)26-15-11-24(12-16-26)25-13-17-27(18-14-25)33-34(41)47-36(44-33)30-10-8-20-49(30)38(51)32(23(3)4)46-40(53)55-6/h11-18,21-23,29-32H,7-10,19-20H2,1-6H3,(H,42,43)(H,44,47)(H,45,52)(H,46,53). The monoisotopic (exact) mass is 772 g/mol. The van der Waals surface area contributed by atoms with Gasteiger partial charge in [0.1, 0.15) is 34.6 Å². The van der Waals surface area contributed by atoms with E-state index in [2.05, 4.69) is 25.6 Å². The van der Waals surface area contributed by atoms with E-state index in [-0.39, 0.29) is 35.7 Å². The molecule has 2 aromatic heterocycles. The summed E-state index contributed by atoms with van der Waals surface area (Å²) < 4.78 is 9.50. The van der Waals surface area contributed by atoms with Crippen molar-refractivity contribution >= 4 is 35.6 Å². The topological polar surface area (TPSA) is 175 Å². The van der Waals surface area contributed by atoms with Gasteiger partial charge in [-0.2, -0.15) is 0 Å². The molecule has 2 aromatic carbocycles. The Morgan fingerprint density at radius 2 is 1.16 bits per heavy atom. The van der Waals surface area contributed by atoms with Crippen molar-refractivity contribution in [1.82, 2.24) is 40.4 Å². The van der Waals surface area contributed by atoms with Gasteiger partial charge in [0.05, 0.1) is 38.2 Å². The fourth-order valence-corrected chi connectivity index (χ4v) is 7.67. The van der Waals surface area contributed by atoms with Gasteiger partial charge in [-0.05, 0) is 54.2 Å². The van der Waals surface area contributed by atoms with Crippen LogP contribution >= 0.6 is 11.6 Å². The highest BCUT2D eigenvalue weighted by Crippen LogP contribution is 2.37. The molecule has 6 rings (SSSR count). The number of hydrogen-bond acceptors (Lipinski definition) is 8. The van der Waals surface area contributed by atoms with Crippen LogP contribution in [-0.4, -0.2) is 93.1 Å². The molecule has 2 aliphatic rings. The highest BCUT2D eigenvalue weighted by molar-refractivity contribution is 6.31. The minimum absolute atomic E-state index is 0.111. The molecule has 2 aliphatic heterocycles. The number of ether oxygens (including phenoxy) is 2. The second-order valence-electron chi connectivity index (χ2n) is 14.7. The average Bonchev–Trinajstić information content (AvgIpc) is 4.02. The van der Waals surface area contributed by atoms with Gasteiger partial charge in [0, 0.05) is 18.7 Å². The first kappa shape index (κ1) is 39.3. The normalized spacial score (nSPS) is 18.1. The molecule has 55 heavy (non-hydrogen) atoms. The minimum Gasteiger partial charge on any atom is -0.453 e. The van der Waals surface area contributed by atoms with Crippen LogP contribution in [0.25, 0.3) is 33.6 Å². The van der Waals surface area contributed by atoms with Crippen LogP contribution in [0.1, 0.15) is 77.1 Å². The van der Waals surface area contributed by atoms with E-state index in [1.807, 2.05) is 76.2 Å². The molecule has 4 amide bonds. The number of benzene rings is 2. The highest BCUT2D eigenvalue weighted by Gasteiger charge is 2.39. The van der Waals surface area contributed by atoms with Gasteiger partial charge in [-0.15, -0.1) is 0 Å². The smallest absolute Gasteiger partial charge is 0.407 e. The predicted molar refractivity (Wildman–Crippen MR) is 208 cm³/mol. The van der Waals surface area contributed by atoms with Gasteiger partial charge in [0.25, 0.3) is 0 Å². The van der Waals surface area contributed by atoms with Gasteiger partial charge >= 0.3 is 12.2 Å². The van der Waals surface area contributed by atoms with Gasteiger partial charge in [0.2, 0.25) is 11.8 Å². The molecular weight excluding hydrogens is 724 g/mol. The van der Waals surface area contributed by atoms with Gasteiger partial charge in [-0.25, -0.2) is 19.6 Å². The van der Waals surface area contributed by atoms with Crippen molar-refractivity contribution in [3.05, 3.63) is 71.5 Å². The number of rotatable bonds is 11. The fraction of sp³-hybridized carbons (Fsp3) is 0.450. The number of carbonyl (C=O) groups excluding carboxylic acids is 4. The Morgan fingerprint density at radius 1 is 0.709 bits per heavy atom. The molecule has 0 aliphatic carbocycles. The van der Waals surface area contributed by atoms with E-state index in [1.54, 1.807) is 16.0 Å². The number of nitrogens with one attached hydrogen (secondary N) is 4. The van der Waals surface area contributed by atoms with Crippen molar-refractivity contribution < 1.29 is 28.7 Å². The summed E-state index contributed by atoms with van der Waals surface area (Å²) >= 11 is 6.69. The number of carbonyl (C=O) groups is 4. The van der Waals surface area contributed by atoms with E-state index in [4.69, 9.17) is 26.1 Å². The van der Waals surface area contributed by atoms with Gasteiger partial charge in [-0.1, -0.05) is 87.8 Å². The molecule has 4 atom stereocenters. The first-order valence-electron chi connectivity index (χ1n) is 18.7. The van der Waals surface area contributed by atoms with Crippen molar-refractivity contribution in [2.24, 2.45) is 11.8 Å².